The normalized spacial score (nSPS) is 20.4. The standard InChI is InChI=1S/C18H20Cl2N6O2/c19-13-2-1-12(9-14(13)20)10-21-18-23-16-15(17(27)24-18)26(11-22-16)4-3-25-5-7-28-8-6-25/h1-2,9,11H,3-8,10H2,(H2,21,23,24,27)/i3D2,4D2,10D2,11D. The van der Waals surface area contributed by atoms with E-state index in [0.29, 0.717) is 4.57 Å². The minimum Gasteiger partial charge on any atom is -0.379 e. The molecule has 10 heteroatoms. The Labute approximate surface area is 181 Å². The van der Waals surface area contributed by atoms with Gasteiger partial charge < -0.3 is 14.6 Å². The lowest BCUT2D eigenvalue weighted by Gasteiger charge is -2.26. The van der Waals surface area contributed by atoms with Gasteiger partial charge in [0, 0.05) is 35.3 Å². The summed E-state index contributed by atoms with van der Waals surface area (Å²) in [4.78, 5) is 24.4. The SMILES string of the molecule is [2H]c1nc2nc(NC([2H])([2H])c3ccc(Cl)c(Cl)c3)[nH]c(=O)c2n1C([2H])([2H])C([2H])([2H])N1CCOCC1. The Morgan fingerprint density at radius 3 is 2.89 bits per heavy atom. The number of nitrogens with zero attached hydrogens (tertiary/aromatic N) is 4. The molecule has 3 aromatic rings. The molecule has 4 rings (SSSR count). The highest BCUT2D eigenvalue weighted by Gasteiger charge is 2.14. The van der Waals surface area contributed by atoms with Crippen LogP contribution in [-0.2, 0) is 17.7 Å². The highest BCUT2D eigenvalue weighted by Crippen LogP contribution is 2.22. The Balaban J connectivity index is 1.73. The molecule has 0 radical (unpaired) electrons. The number of aromatic amines is 1. The van der Waals surface area contributed by atoms with Crippen molar-refractivity contribution >= 4 is 40.3 Å². The van der Waals surface area contributed by atoms with Crippen LogP contribution in [0.15, 0.2) is 29.3 Å². The molecule has 0 aliphatic carbocycles. The summed E-state index contributed by atoms with van der Waals surface area (Å²) in [6.07, 6.45) is -0.718. The third-order valence-electron chi connectivity index (χ3n) is 3.93. The molecule has 0 bridgehead atoms. The number of rotatable bonds is 6. The lowest BCUT2D eigenvalue weighted by atomic mass is 10.2. The van der Waals surface area contributed by atoms with E-state index in [1.807, 2.05) is 0 Å². The quantitative estimate of drug-likeness (QED) is 0.625. The van der Waals surface area contributed by atoms with Crippen LogP contribution >= 0.6 is 23.2 Å². The number of nitrogens with one attached hydrogen (secondary N) is 2. The number of morpholine rings is 1. The summed E-state index contributed by atoms with van der Waals surface area (Å²) in [5.74, 6) is -0.333. The number of hydrogen-bond donors (Lipinski definition) is 2. The Kier molecular flexibility index (Phi) is 3.77. The molecule has 0 spiro atoms. The maximum Gasteiger partial charge on any atom is 0.278 e. The number of halogens is 2. The number of fused-ring (bicyclic) bond motifs is 1. The van der Waals surface area contributed by atoms with Gasteiger partial charge in [-0.3, -0.25) is 14.7 Å². The topological polar surface area (TPSA) is 88.1 Å². The van der Waals surface area contributed by atoms with E-state index in [1.165, 1.54) is 23.1 Å². The molecule has 2 aromatic heterocycles. The van der Waals surface area contributed by atoms with Gasteiger partial charge in [-0.15, -0.1) is 0 Å². The summed E-state index contributed by atoms with van der Waals surface area (Å²) in [5.41, 5.74) is -1.66. The predicted octanol–water partition coefficient (Wildman–Crippen LogP) is 2.37. The van der Waals surface area contributed by atoms with E-state index in [0.717, 1.165) is 0 Å². The van der Waals surface area contributed by atoms with Gasteiger partial charge in [0.15, 0.2) is 11.2 Å². The number of H-pyrrole nitrogens is 1. The molecule has 1 aliphatic heterocycles. The second-order valence-electron chi connectivity index (χ2n) is 5.84. The zero-order chi connectivity index (χ0) is 25.8. The Hall–Kier alpha value is -2.13. The zero-order valence-corrected chi connectivity index (χ0v) is 15.9. The number of hydrogen-bond acceptors (Lipinski definition) is 6. The van der Waals surface area contributed by atoms with Crippen molar-refractivity contribution in [2.24, 2.45) is 0 Å². The van der Waals surface area contributed by atoms with Crippen LogP contribution in [0.5, 0.6) is 0 Å². The second kappa shape index (κ2) is 8.48. The monoisotopic (exact) mass is 429 g/mol. The molecule has 1 aliphatic rings. The lowest BCUT2D eigenvalue weighted by molar-refractivity contribution is 0.0365. The Morgan fingerprint density at radius 2 is 2.11 bits per heavy atom. The zero-order valence-electron chi connectivity index (χ0n) is 21.4. The first kappa shape index (κ1) is 12.4. The largest absolute Gasteiger partial charge is 0.379 e. The average molecular weight is 430 g/mol. The number of ether oxygens (including phenoxy) is 1. The van der Waals surface area contributed by atoms with Crippen molar-refractivity contribution in [2.45, 2.75) is 13.0 Å². The van der Waals surface area contributed by atoms with E-state index in [4.69, 9.17) is 37.5 Å². The van der Waals surface area contributed by atoms with E-state index in [1.54, 1.807) is 0 Å². The van der Waals surface area contributed by atoms with Crippen LogP contribution in [0.4, 0.5) is 5.95 Å². The molecule has 0 atom stereocenters. The minimum absolute atomic E-state index is 0.0939. The number of anilines is 1. The van der Waals surface area contributed by atoms with Gasteiger partial charge in [-0.25, -0.2) is 4.98 Å². The highest BCUT2D eigenvalue weighted by molar-refractivity contribution is 6.42. The summed E-state index contributed by atoms with van der Waals surface area (Å²) in [6.45, 7) is -7.08. The van der Waals surface area contributed by atoms with Crippen molar-refractivity contribution in [1.82, 2.24) is 24.4 Å². The van der Waals surface area contributed by atoms with E-state index >= 15 is 0 Å². The van der Waals surface area contributed by atoms with Crippen molar-refractivity contribution in [3.05, 3.63) is 50.5 Å². The molecule has 1 saturated heterocycles. The van der Waals surface area contributed by atoms with Gasteiger partial charge in [-0.2, -0.15) is 4.98 Å². The number of benzene rings is 1. The molecule has 1 aromatic carbocycles. The van der Waals surface area contributed by atoms with Gasteiger partial charge >= 0.3 is 0 Å². The van der Waals surface area contributed by atoms with Crippen LogP contribution in [0.25, 0.3) is 11.2 Å². The molecule has 0 saturated carbocycles. The van der Waals surface area contributed by atoms with Crippen LogP contribution in [0.2, 0.25) is 10.0 Å². The van der Waals surface area contributed by atoms with Crippen LogP contribution in [0.1, 0.15) is 15.2 Å². The van der Waals surface area contributed by atoms with Crippen LogP contribution < -0.4 is 10.9 Å². The van der Waals surface area contributed by atoms with Crippen molar-refractivity contribution in [3.63, 3.8) is 0 Å². The number of imidazole rings is 1. The Morgan fingerprint density at radius 1 is 1.29 bits per heavy atom. The maximum atomic E-state index is 12.9. The summed E-state index contributed by atoms with van der Waals surface area (Å²) in [5, 5.41) is 2.79. The molecule has 0 unspecified atom stereocenters. The first-order chi connectivity index (χ1) is 16.3. The third kappa shape index (κ3) is 4.30. The van der Waals surface area contributed by atoms with Gasteiger partial charge in [0.05, 0.1) is 35.0 Å². The fraction of sp³-hybridized carbons (Fsp3) is 0.389. The minimum atomic E-state index is -2.88. The van der Waals surface area contributed by atoms with E-state index in [9.17, 15) is 4.79 Å². The maximum absolute atomic E-state index is 12.9. The summed E-state index contributed by atoms with van der Waals surface area (Å²) >= 11 is 11.9. The van der Waals surface area contributed by atoms with Gasteiger partial charge in [-0.1, -0.05) is 29.3 Å². The molecule has 3 heterocycles. The first-order valence-corrected chi connectivity index (χ1v) is 9.07. The predicted molar refractivity (Wildman–Crippen MR) is 109 cm³/mol. The number of aryl methyl sites for hydroxylation is 1. The van der Waals surface area contributed by atoms with Crippen molar-refractivity contribution in [1.29, 1.82) is 0 Å². The average Bonchev–Trinajstić information content (AvgIpc) is 3.12. The molecule has 0 amide bonds. The molecular formula is C18H20Cl2N6O2. The van der Waals surface area contributed by atoms with Gasteiger partial charge in [0.2, 0.25) is 5.95 Å². The molecule has 148 valence electrons. The third-order valence-corrected chi connectivity index (χ3v) is 4.67. The first-order valence-electron chi connectivity index (χ1n) is 11.8. The molecular weight excluding hydrogens is 403 g/mol. The smallest absolute Gasteiger partial charge is 0.278 e. The highest BCUT2D eigenvalue weighted by atomic mass is 35.5. The second-order valence-corrected chi connectivity index (χ2v) is 6.65. The number of aromatic nitrogens is 4. The lowest BCUT2D eigenvalue weighted by Crippen LogP contribution is -2.38. The van der Waals surface area contributed by atoms with Crippen LogP contribution in [0.3, 0.4) is 0 Å². The fourth-order valence-electron chi connectivity index (χ4n) is 2.52. The van der Waals surface area contributed by atoms with Crippen LogP contribution in [-0.4, -0.2) is 57.2 Å². The van der Waals surface area contributed by atoms with Gasteiger partial charge in [-0.05, 0) is 17.7 Å². The molecule has 2 N–H and O–H groups in total. The van der Waals surface area contributed by atoms with Gasteiger partial charge in [0.1, 0.15) is 1.37 Å². The van der Waals surface area contributed by atoms with Crippen molar-refractivity contribution in [2.75, 3.05) is 38.1 Å². The molecule has 8 nitrogen and oxygen atoms in total. The Bertz CT molecular complexity index is 1330. The fourth-order valence-corrected chi connectivity index (χ4v) is 2.82. The summed E-state index contributed by atoms with van der Waals surface area (Å²) in [7, 11) is 0. The molecule has 28 heavy (non-hydrogen) atoms. The van der Waals surface area contributed by atoms with Crippen LogP contribution in [0, 0.1) is 0 Å². The van der Waals surface area contributed by atoms with Gasteiger partial charge in [0.25, 0.3) is 5.56 Å². The summed E-state index contributed by atoms with van der Waals surface area (Å²) in [6, 6.07) is 4.12. The van der Waals surface area contributed by atoms with E-state index in [2.05, 4.69) is 20.3 Å². The molecule has 1 fully saturated rings. The summed E-state index contributed by atoms with van der Waals surface area (Å²) < 4.78 is 64.5. The van der Waals surface area contributed by atoms with Crippen molar-refractivity contribution in [3.8, 4) is 0 Å². The van der Waals surface area contributed by atoms with E-state index < -0.39 is 36.9 Å². The van der Waals surface area contributed by atoms with E-state index in [-0.39, 0.29) is 53.5 Å². The van der Waals surface area contributed by atoms with Crippen molar-refractivity contribution < 1.29 is 14.3 Å².